The molecule has 2 N–H and O–H groups in total. The van der Waals surface area contributed by atoms with Gasteiger partial charge in [0, 0.05) is 4.88 Å². The third-order valence-corrected chi connectivity index (χ3v) is 3.05. The van der Waals surface area contributed by atoms with Crippen molar-refractivity contribution in [2.45, 2.75) is 32.9 Å². The van der Waals surface area contributed by atoms with E-state index in [2.05, 4.69) is 17.2 Å². The predicted molar refractivity (Wildman–Crippen MR) is 75.8 cm³/mol. The number of amides is 1. The first-order valence-corrected chi connectivity index (χ1v) is 6.81. The zero-order valence-corrected chi connectivity index (χ0v) is 12.3. The molecule has 1 amide bonds. The summed E-state index contributed by atoms with van der Waals surface area (Å²) < 4.78 is 5.38. The Kier molecular flexibility index (Phi) is 6.03. The summed E-state index contributed by atoms with van der Waals surface area (Å²) in [6.45, 7) is 6.11. The highest BCUT2D eigenvalue weighted by Gasteiger charge is 2.12. The molecular formula is C14H19NO3S. The van der Waals surface area contributed by atoms with E-state index in [1.807, 2.05) is 32.9 Å². The van der Waals surface area contributed by atoms with Crippen molar-refractivity contribution in [3.05, 3.63) is 21.9 Å². The highest BCUT2D eigenvalue weighted by atomic mass is 32.1. The van der Waals surface area contributed by atoms with E-state index in [1.165, 1.54) is 11.3 Å². The summed E-state index contributed by atoms with van der Waals surface area (Å²) in [4.78, 5) is 13.4. The summed E-state index contributed by atoms with van der Waals surface area (Å²) in [7, 11) is 0. The highest BCUT2D eigenvalue weighted by Crippen LogP contribution is 2.15. The molecule has 0 spiro atoms. The quantitative estimate of drug-likeness (QED) is 0.823. The molecule has 4 nitrogen and oxygen atoms in total. The van der Waals surface area contributed by atoms with Gasteiger partial charge in [-0.15, -0.1) is 11.3 Å². The fourth-order valence-electron chi connectivity index (χ4n) is 1.19. The van der Waals surface area contributed by atoms with Crippen molar-refractivity contribution in [3.63, 3.8) is 0 Å². The fraction of sp³-hybridized carbons (Fsp3) is 0.500. The number of hydrogen-bond acceptors (Lipinski definition) is 4. The van der Waals surface area contributed by atoms with Crippen LogP contribution in [0.25, 0.3) is 0 Å². The van der Waals surface area contributed by atoms with E-state index in [0.717, 1.165) is 9.75 Å². The van der Waals surface area contributed by atoms with Gasteiger partial charge in [-0.2, -0.15) is 0 Å². The molecule has 104 valence electrons. The van der Waals surface area contributed by atoms with Crippen LogP contribution in [-0.2, 0) is 16.1 Å². The first kappa shape index (κ1) is 15.7. The van der Waals surface area contributed by atoms with E-state index in [9.17, 15) is 4.79 Å². The number of carbonyl (C=O) groups is 1. The van der Waals surface area contributed by atoms with Gasteiger partial charge in [0.1, 0.15) is 13.2 Å². The lowest BCUT2D eigenvalue weighted by Crippen LogP contribution is -2.31. The van der Waals surface area contributed by atoms with E-state index >= 15 is 0 Å². The Labute approximate surface area is 117 Å². The molecule has 1 rings (SSSR count). The third kappa shape index (κ3) is 6.97. The van der Waals surface area contributed by atoms with Crippen LogP contribution >= 0.6 is 11.3 Å². The van der Waals surface area contributed by atoms with Crippen LogP contribution in [0, 0.1) is 11.8 Å². The number of hydrogen-bond donors (Lipinski definition) is 2. The van der Waals surface area contributed by atoms with Gasteiger partial charge in [-0.05, 0) is 32.9 Å². The SMILES string of the molecule is CC(C)(C)OCC(=O)NCc1ccc(C#CCO)s1. The molecule has 0 fully saturated rings. The lowest BCUT2D eigenvalue weighted by molar-refractivity contribution is -0.130. The predicted octanol–water partition coefficient (Wildman–Crippen LogP) is 1.52. The van der Waals surface area contributed by atoms with Gasteiger partial charge in [0.05, 0.1) is 17.0 Å². The number of carbonyl (C=O) groups excluding carboxylic acids is 1. The standard InChI is InChI=1S/C14H19NO3S/c1-14(2,3)18-10-13(17)15-9-12-7-6-11(19-12)5-4-8-16/h6-7,16H,8-10H2,1-3H3,(H,15,17). The maximum Gasteiger partial charge on any atom is 0.246 e. The van der Waals surface area contributed by atoms with Crippen molar-refractivity contribution in [1.29, 1.82) is 0 Å². The molecule has 0 radical (unpaired) electrons. The Morgan fingerprint density at radius 1 is 1.47 bits per heavy atom. The maximum absolute atomic E-state index is 11.5. The summed E-state index contributed by atoms with van der Waals surface area (Å²) in [6, 6.07) is 3.79. The molecule has 1 heterocycles. The van der Waals surface area contributed by atoms with E-state index < -0.39 is 0 Å². The van der Waals surface area contributed by atoms with Crippen LogP contribution in [0.2, 0.25) is 0 Å². The lowest BCUT2D eigenvalue weighted by atomic mass is 10.2. The third-order valence-electron chi connectivity index (χ3n) is 2.05. The molecule has 0 unspecified atom stereocenters. The summed E-state index contributed by atoms with van der Waals surface area (Å²) >= 11 is 1.50. The minimum absolute atomic E-state index is 0.0616. The number of ether oxygens (including phenoxy) is 1. The number of aliphatic hydroxyl groups is 1. The van der Waals surface area contributed by atoms with Crippen LogP contribution in [-0.4, -0.2) is 29.8 Å². The van der Waals surface area contributed by atoms with Gasteiger partial charge in [-0.3, -0.25) is 4.79 Å². The van der Waals surface area contributed by atoms with Gasteiger partial charge < -0.3 is 15.2 Å². The van der Waals surface area contributed by atoms with Crippen molar-refractivity contribution in [2.24, 2.45) is 0 Å². The second-order valence-electron chi connectivity index (χ2n) is 4.90. The van der Waals surface area contributed by atoms with Crippen LogP contribution < -0.4 is 5.32 Å². The zero-order chi connectivity index (χ0) is 14.3. The largest absolute Gasteiger partial charge is 0.384 e. The van der Waals surface area contributed by atoms with Crippen molar-refractivity contribution in [3.8, 4) is 11.8 Å². The molecule has 0 atom stereocenters. The Bertz CT molecular complexity index is 477. The highest BCUT2D eigenvalue weighted by molar-refractivity contribution is 7.12. The van der Waals surface area contributed by atoms with Crippen LogP contribution in [0.3, 0.4) is 0 Å². The molecule has 1 aromatic heterocycles. The number of aliphatic hydroxyl groups excluding tert-OH is 1. The Morgan fingerprint density at radius 3 is 2.84 bits per heavy atom. The monoisotopic (exact) mass is 281 g/mol. The Balaban J connectivity index is 2.36. The summed E-state index contributed by atoms with van der Waals surface area (Å²) in [5.74, 6) is 5.28. The van der Waals surface area contributed by atoms with E-state index in [1.54, 1.807) is 0 Å². The van der Waals surface area contributed by atoms with Crippen molar-refractivity contribution >= 4 is 17.2 Å². The fourth-order valence-corrected chi connectivity index (χ4v) is 2.01. The molecule has 0 saturated carbocycles. The molecule has 0 bridgehead atoms. The van der Waals surface area contributed by atoms with Crippen molar-refractivity contribution in [1.82, 2.24) is 5.32 Å². The zero-order valence-electron chi connectivity index (χ0n) is 11.4. The van der Waals surface area contributed by atoms with Crippen LogP contribution in [0.15, 0.2) is 12.1 Å². The number of thiophene rings is 1. The molecule has 19 heavy (non-hydrogen) atoms. The summed E-state index contributed by atoms with van der Waals surface area (Å²) in [5, 5.41) is 11.4. The molecule has 5 heteroatoms. The second kappa shape index (κ2) is 7.29. The Hall–Kier alpha value is -1.35. The molecule has 0 aliphatic carbocycles. The average Bonchev–Trinajstić information content (AvgIpc) is 2.78. The minimum atomic E-state index is -0.312. The van der Waals surface area contributed by atoms with Gasteiger partial charge in [-0.25, -0.2) is 0 Å². The summed E-state index contributed by atoms with van der Waals surface area (Å²) in [5.41, 5.74) is -0.312. The van der Waals surface area contributed by atoms with E-state index in [0.29, 0.717) is 6.54 Å². The molecule has 1 aromatic rings. The average molecular weight is 281 g/mol. The van der Waals surface area contributed by atoms with Crippen molar-refractivity contribution < 1.29 is 14.6 Å². The van der Waals surface area contributed by atoms with Crippen molar-refractivity contribution in [2.75, 3.05) is 13.2 Å². The summed E-state index contributed by atoms with van der Waals surface area (Å²) in [6.07, 6.45) is 0. The first-order valence-electron chi connectivity index (χ1n) is 6.00. The van der Waals surface area contributed by atoms with Gasteiger partial charge in [0.15, 0.2) is 0 Å². The topological polar surface area (TPSA) is 58.6 Å². The number of rotatable bonds is 4. The lowest BCUT2D eigenvalue weighted by Gasteiger charge is -2.18. The van der Waals surface area contributed by atoms with Crippen LogP contribution in [0.1, 0.15) is 30.5 Å². The molecule has 0 aliphatic heterocycles. The second-order valence-corrected chi connectivity index (χ2v) is 6.07. The van der Waals surface area contributed by atoms with Gasteiger partial charge in [-0.1, -0.05) is 11.8 Å². The number of nitrogens with one attached hydrogen (secondary N) is 1. The molecular weight excluding hydrogens is 262 g/mol. The van der Waals surface area contributed by atoms with E-state index in [-0.39, 0.29) is 24.7 Å². The van der Waals surface area contributed by atoms with Crippen LogP contribution in [0.4, 0.5) is 0 Å². The molecule has 0 saturated heterocycles. The van der Waals surface area contributed by atoms with Gasteiger partial charge >= 0.3 is 0 Å². The van der Waals surface area contributed by atoms with Gasteiger partial charge in [0.2, 0.25) is 5.91 Å². The smallest absolute Gasteiger partial charge is 0.246 e. The normalized spacial score (nSPS) is 10.7. The molecule has 0 aromatic carbocycles. The Morgan fingerprint density at radius 2 is 2.21 bits per heavy atom. The minimum Gasteiger partial charge on any atom is -0.384 e. The van der Waals surface area contributed by atoms with Gasteiger partial charge in [0.25, 0.3) is 0 Å². The van der Waals surface area contributed by atoms with Crippen LogP contribution in [0.5, 0.6) is 0 Å². The molecule has 0 aliphatic rings. The maximum atomic E-state index is 11.5. The first-order chi connectivity index (χ1) is 8.90. The van der Waals surface area contributed by atoms with E-state index in [4.69, 9.17) is 9.84 Å².